The lowest BCUT2D eigenvalue weighted by Crippen LogP contribution is -2.11. The van der Waals surface area contributed by atoms with E-state index >= 15 is 0 Å². The Hall–Kier alpha value is -2.55. The Bertz CT molecular complexity index is 589. The molecular formula is C15H13NO2. The summed E-state index contributed by atoms with van der Waals surface area (Å²) >= 11 is 0. The van der Waals surface area contributed by atoms with Gasteiger partial charge in [-0.25, -0.2) is 0 Å². The molecule has 0 saturated carbocycles. The van der Waals surface area contributed by atoms with Crippen LogP contribution in [-0.4, -0.2) is 11.0 Å². The van der Waals surface area contributed by atoms with Crippen LogP contribution in [0.3, 0.4) is 0 Å². The fraction of sp³-hybridized carbons (Fsp3) is 0. The van der Waals surface area contributed by atoms with Crippen LogP contribution >= 0.6 is 0 Å². The third-order valence-corrected chi connectivity index (χ3v) is 2.59. The molecule has 0 aliphatic heterocycles. The molecule has 0 unspecified atom stereocenters. The van der Waals surface area contributed by atoms with Crippen LogP contribution in [0.4, 0.5) is 0 Å². The molecule has 0 aliphatic rings. The van der Waals surface area contributed by atoms with Crippen LogP contribution in [0.15, 0.2) is 48.5 Å². The van der Waals surface area contributed by atoms with Crippen molar-refractivity contribution in [2.75, 3.05) is 0 Å². The third kappa shape index (κ3) is 2.58. The van der Waals surface area contributed by atoms with Crippen LogP contribution in [0, 0.1) is 0 Å². The first-order chi connectivity index (χ1) is 8.68. The number of benzene rings is 2. The van der Waals surface area contributed by atoms with Gasteiger partial charge in [0, 0.05) is 5.56 Å². The molecule has 2 aromatic carbocycles. The van der Waals surface area contributed by atoms with Crippen LogP contribution in [0.5, 0.6) is 5.75 Å². The van der Waals surface area contributed by atoms with E-state index in [-0.39, 0.29) is 11.3 Å². The zero-order valence-corrected chi connectivity index (χ0v) is 9.71. The Kier molecular flexibility index (Phi) is 3.44. The second kappa shape index (κ2) is 5.19. The Labute approximate surface area is 105 Å². The molecule has 0 heterocycles. The molecule has 3 nitrogen and oxygen atoms in total. The van der Waals surface area contributed by atoms with Gasteiger partial charge in [0.05, 0.1) is 5.56 Å². The molecule has 0 atom stereocenters. The standard InChI is InChI=1S/C15H13NO2/c16-15(18)13-8-4-7-12(14(13)17)10-9-11-5-2-1-3-6-11/h1-10,17H,(H2,16,18)/b10-9+. The number of hydrogen-bond donors (Lipinski definition) is 2. The molecule has 1 amide bonds. The van der Waals surface area contributed by atoms with Gasteiger partial charge in [0.25, 0.3) is 5.91 Å². The number of primary amides is 1. The first-order valence-electron chi connectivity index (χ1n) is 5.53. The minimum atomic E-state index is -0.637. The van der Waals surface area contributed by atoms with E-state index in [2.05, 4.69) is 0 Å². The molecule has 0 spiro atoms. The molecule has 2 rings (SSSR count). The molecule has 3 N–H and O–H groups in total. The van der Waals surface area contributed by atoms with E-state index in [1.54, 1.807) is 18.2 Å². The van der Waals surface area contributed by atoms with Crippen LogP contribution in [0.1, 0.15) is 21.5 Å². The molecule has 90 valence electrons. The minimum absolute atomic E-state index is 0.0859. The van der Waals surface area contributed by atoms with Gasteiger partial charge in [-0.1, -0.05) is 54.6 Å². The maximum Gasteiger partial charge on any atom is 0.252 e. The summed E-state index contributed by atoms with van der Waals surface area (Å²) in [5.74, 6) is -0.723. The van der Waals surface area contributed by atoms with E-state index in [0.717, 1.165) is 5.56 Å². The Morgan fingerprint density at radius 2 is 1.72 bits per heavy atom. The third-order valence-electron chi connectivity index (χ3n) is 2.59. The zero-order chi connectivity index (χ0) is 13.0. The monoisotopic (exact) mass is 239 g/mol. The predicted molar refractivity (Wildman–Crippen MR) is 72.0 cm³/mol. The van der Waals surface area contributed by atoms with Crippen LogP contribution in [0.2, 0.25) is 0 Å². The van der Waals surface area contributed by atoms with Crippen molar-refractivity contribution in [2.24, 2.45) is 5.73 Å². The quantitative estimate of drug-likeness (QED) is 0.809. The van der Waals surface area contributed by atoms with Gasteiger partial charge in [-0.05, 0) is 11.6 Å². The number of para-hydroxylation sites is 1. The smallest absolute Gasteiger partial charge is 0.252 e. The summed E-state index contributed by atoms with van der Waals surface area (Å²) in [5.41, 5.74) is 6.88. The van der Waals surface area contributed by atoms with Gasteiger partial charge in [-0.15, -0.1) is 0 Å². The van der Waals surface area contributed by atoms with Gasteiger partial charge in [0.15, 0.2) is 0 Å². The van der Waals surface area contributed by atoms with E-state index < -0.39 is 5.91 Å². The van der Waals surface area contributed by atoms with Crippen molar-refractivity contribution >= 4 is 18.1 Å². The second-order valence-corrected chi connectivity index (χ2v) is 3.85. The van der Waals surface area contributed by atoms with Gasteiger partial charge < -0.3 is 10.8 Å². The van der Waals surface area contributed by atoms with Crippen molar-refractivity contribution in [2.45, 2.75) is 0 Å². The number of aromatic hydroxyl groups is 1. The molecule has 0 radical (unpaired) electrons. The number of nitrogens with two attached hydrogens (primary N) is 1. The number of phenols is 1. The summed E-state index contributed by atoms with van der Waals surface area (Å²) in [5, 5.41) is 9.89. The molecule has 18 heavy (non-hydrogen) atoms. The Morgan fingerprint density at radius 1 is 1.00 bits per heavy atom. The van der Waals surface area contributed by atoms with Crippen molar-refractivity contribution in [3.63, 3.8) is 0 Å². The van der Waals surface area contributed by atoms with Crippen LogP contribution < -0.4 is 5.73 Å². The van der Waals surface area contributed by atoms with E-state index in [9.17, 15) is 9.90 Å². The molecule has 0 aromatic heterocycles. The first kappa shape index (κ1) is 11.9. The minimum Gasteiger partial charge on any atom is -0.506 e. The normalized spacial score (nSPS) is 10.7. The molecule has 2 aromatic rings. The van der Waals surface area contributed by atoms with Crippen molar-refractivity contribution in [3.05, 3.63) is 65.2 Å². The SMILES string of the molecule is NC(=O)c1cccc(/C=C/c2ccccc2)c1O. The van der Waals surface area contributed by atoms with Crippen molar-refractivity contribution in [1.82, 2.24) is 0 Å². The van der Waals surface area contributed by atoms with E-state index in [0.29, 0.717) is 5.56 Å². The lowest BCUT2D eigenvalue weighted by atomic mass is 10.1. The van der Waals surface area contributed by atoms with Crippen molar-refractivity contribution < 1.29 is 9.90 Å². The highest BCUT2D eigenvalue weighted by Gasteiger charge is 2.08. The van der Waals surface area contributed by atoms with Crippen molar-refractivity contribution in [3.8, 4) is 5.75 Å². The molecule has 3 heteroatoms. The van der Waals surface area contributed by atoms with Crippen LogP contribution in [0.25, 0.3) is 12.2 Å². The highest BCUT2D eigenvalue weighted by molar-refractivity contribution is 5.97. The Balaban J connectivity index is 2.33. The molecule has 0 bridgehead atoms. The highest BCUT2D eigenvalue weighted by atomic mass is 16.3. The Morgan fingerprint density at radius 3 is 2.39 bits per heavy atom. The number of rotatable bonds is 3. The second-order valence-electron chi connectivity index (χ2n) is 3.85. The van der Waals surface area contributed by atoms with E-state index in [1.807, 2.05) is 36.4 Å². The molecule has 0 saturated heterocycles. The van der Waals surface area contributed by atoms with Gasteiger partial charge >= 0.3 is 0 Å². The average Bonchev–Trinajstić information content (AvgIpc) is 2.38. The maximum absolute atomic E-state index is 11.1. The van der Waals surface area contributed by atoms with Gasteiger partial charge in [0.1, 0.15) is 5.75 Å². The van der Waals surface area contributed by atoms with Gasteiger partial charge in [0.2, 0.25) is 0 Å². The highest BCUT2D eigenvalue weighted by Crippen LogP contribution is 2.23. The van der Waals surface area contributed by atoms with E-state index in [4.69, 9.17) is 5.73 Å². The summed E-state index contributed by atoms with van der Waals surface area (Å²) in [6, 6.07) is 14.6. The lowest BCUT2D eigenvalue weighted by Gasteiger charge is -2.03. The largest absolute Gasteiger partial charge is 0.506 e. The number of hydrogen-bond acceptors (Lipinski definition) is 2. The lowest BCUT2D eigenvalue weighted by molar-refractivity contribution is 0.0997. The topological polar surface area (TPSA) is 63.3 Å². The number of amides is 1. The van der Waals surface area contributed by atoms with Crippen molar-refractivity contribution in [1.29, 1.82) is 0 Å². The predicted octanol–water partition coefficient (Wildman–Crippen LogP) is 2.66. The summed E-state index contributed by atoms with van der Waals surface area (Å²) in [6.07, 6.45) is 3.61. The molecular weight excluding hydrogens is 226 g/mol. The van der Waals surface area contributed by atoms with E-state index in [1.165, 1.54) is 6.07 Å². The molecule has 0 aliphatic carbocycles. The fourth-order valence-corrected chi connectivity index (χ4v) is 1.64. The van der Waals surface area contributed by atoms with Crippen LogP contribution in [-0.2, 0) is 0 Å². The van der Waals surface area contributed by atoms with Gasteiger partial charge in [-0.2, -0.15) is 0 Å². The first-order valence-corrected chi connectivity index (χ1v) is 5.53. The fourth-order valence-electron chi connectivity index (χ4n) is 1.64. The summed E-state index contributed by atoms with van der Waals surface area (Å²) in [7, 11) is 0. The molecule has 0 fully saturated rings. The summed E-state index contributed by atoms with van der Waals surface area (Å²) < 4.78 is 0. The number of carbonyl (C=O) groups excluding carboxylic acids is 1. The zero-order valence-electron chi connectivity index (χ0n) is 9.71. The average molecular weight is 239 g/mol. The van der Waals surface area contributed by atoms with Gasteiger partial charge in [-0.3, -0.25) is 4.79 Å². The number of carbonyl (C=O) groups is 1. The summed E-state index contributed by atoms with van der Waals surface area (Å²) in [6.45, 7) is 0. The summed E-state index contributed by atoms with van der Waals surface area (Å²) in [4.78, 5) is 11.1. The maximum atomic E-state index is 11.1.